The van der Waals surface area contributed by atoms with Gasteiger partial charge in [-0.15, -0.1) is 0 Å². The SMILES string of the molecule is C=CC#Cc1ccc(NC(=S)NCCCOCCOCCOCCCNC(=O)OC(C)(C)C)cc1. The quantitative estimate of drug-likeness (QED) is 0.188. The van der Waals surface area contributed by atoms with Gasteiger partial charge >= 0.3 is 6.09 Å². The Kier molecular flexibility index (Phi) is 16.2. The lowest BCUT2D eigenvalue weighted by molar-refractivity contribution is 0.0137. The van der Waals surface area contributed by atoms with E-state index in [-0.39, 0.29) is 0 Å². The molecule has 0 atom stereocenters. The van der Waals surface area contributed by atoms with Gasteiger partial charge < -0.3 is 34.9 Å². The van der Waals surface area contributed by atoms with Crippen molar-refractivity contribution in [2.45, 2.75) is 39.2 Å². The molecule has 8 nitrogen and oxygen atoms in total. The van der Waals surface area contributed by atoms with Crippen LogP contribution in [0.4, 0.5) is 10.5 Å². The molecule has 1 amide bonds. The summed E-state index contributed by atoms with van der Waals surface area (Å²) in [4.78, 5) is 11.5. The lowest BCUT2D eigenvalue weighted by Crippen LogP contribution is -2.33. The minimum absolute atomic E-state index is 0.409. The number of hydrogen-bond donors (Lipinski definition) is 3. The van der Waals surface area contributed by atoms with E-state index in [2.05, 4.69) is 34.4 Å². The van der Waals surface area contributed by atoms with Crippen molar-refractivity contribution in [1.82, 2.24) is 10.6 Å². The molecule has 0 aromatic heterocycles. The highest BCUT2D eigenvalue weighted by Gasteiger charge is 2.15. The Balaban J connectivity index is 1.88. The number of carbonyl (C=O) groups is 1. The zero-order valence-electron chi connectivity index (χ0n) is 21.1. The summed E-state index contributed by atoms with van der Waals surface area (Å²) in [6, 6.07) is 7.71. The second kappa shape index (κ2) is 18.7. The van der Waals surface area contributed by atoms with Crippen LogP contribution in [0.15, 0.2) is 36.9 Å². The number of anilines is 1. The average Bonchev–Trinajstić information content (AvgIpc) is 2.80. The number of hydrogen-bond acceptors (Lipinski definition) is 6. The highest BCUT2D eigenvalue weighted by Crippen LogP contribution is 2.08. The Morgan fingerprint density at radius 2 is 1.49 bits per heavy atom. The molecule has 0 unspecified atom stereocenters. The maximum Gasteiger partial charge on any atom is 0.407 e. The molecule has 0 aliphatic heterocycles. The van der Waals surface area contributed by atoms with Gasteiger partial charge in [0, 0.05) is 37.6 Å². The van der Waals surface area contributed by atoms with E-state index in [1.54, 1.807) is 6.08 Å². The number of ether oxygens (including phenoxy) is 4. The minimum Gasteiger partial charge on any atom is -0.444 e. The van der Waals surface area contributed by atoms with Crippen molar-refractivity contribution in [3.63, 3.8) is 0 Å². The fourth-order valence-electron chi connectivity index (χ4n) is 2.54. The van der Waals surface area contributed by atoms with Gasteiger partial charge in [-0.25, -0.2) is 4.79 Å². The van der Waals surface area contributed by atoms with Gasteiger partial charge in [-0.2, -0.15) is 0 Å². The molecule has 194 valence electrons. The third kappa shape index (κ3) is 18.4. The lowest BCUT2D eigenvalue weighted by Gasteiger charge is -2.19. The van der Waals surface area contributed by atoms with Crippen LogP contribution in [0.1, 0.15) is 39.2 Å². The summed E-state index contributed by atoms with van der Waals surface area (Å²) in [6.07, 6.45) is 2.70. The molecular weight excluding hydrogens is 466 g/mol. The third-order valence-corrected chi connectivity index (χ3v) is 4.34. The molecule has 0 spiro atoms. The first-order valence-corrected chi connectivity index (χ1v) is 12.2. The smallest absolute Gasteiger partial charge is 0.407 e. The van der Waals surface area contributed by atoms with Crippen LogP contribution in [-0.2, 0) is 18.9 Å². The van der Waals surface area contributed by atoms with Gasteiger partial charge in [0.25, 0.3) is 0 Å². The van der Waals surface area contributed by atoms with Crippen molar-refractivity contribution < 1.29 is 23.7 Å². The normalized spacial score (nSPS) is 10.6. The van der Waals surface area contributed by atoms with Crippen molar-refractivity contribution in [1.29, 1.82) is 0 Å². The number of allylic oxidation sites excluding steroid dienone is 1. The molecule has 1 rings (SSSR count). The number of alkyl carbamates (subject to hydrolysis) is 1. The largest absolute Gasteiger partial charge is 0.444 e. The Morgan fingerprint density at radius 1 is 0.943 bits per heavy atom. The molecule has 0 aliphatic rings. The van der Waals surface area contributed by atoms with E-state index in [9.17, 15) is 4.79 Å². The van der Waals surface area contributed by atoms with E-state index < -0.39 is 11.7 Å². The molecule has 0 bridgehead atoms. The number of nitrogens with one attached hydrogen (secondary N) is 3. The van der Waals surface area contributed by atoms with Gasteiger partial charge in [0.05, 0.1) is 26.4 Å². The molecule has 0 radical (unpaired) electrons. The van der Waals surface area contributed by atoms with Crippen LogP contribution in [0.25, 0.3) is 0 Å². The van der Waals surface area contributed by atoms with E-state index in [0.717, 1.165) is 17.7 Å². The Bertz CT molecular complexity index is 813. The van der Waals surface area contributed by atoms with E-state index in [1.807, 2.05) is 45.0 Å². The summed E-state index contributed by atoms with van der Waals surface area (Å²) >= 11 is 5.30. The van der Waals surface area contributed by atoms with Gasteiger partial charge in [0.15, 0.2) is 5.11 Å². The highest BCUT2D eigenvalue weighted by atomic mass is 32.1. The Morgan fingerprint density at radius 3 is 2.03 bits per heavy atom. The molecule has 9 heteroatoms. The zero-order chi connectivity index (χ0) is 25.8. The maximum absolute atomic E-state index is 11.5. The molecule has 3 N–H and O–H groups in total. The fraction of sp³-hybridized carbons (Fsp3) is 0.538. The van der Waals surface area contributed by atoms with Crippen LogP contribution in [0.5, 0.6) is 0 Å². The summed E-state index contributed by atoms with van der Waals surface area (Å²) in [5.74, 6) is 5.80. The molecule has 0 aliphatic carbocycles. The molecule has 0 saturated heterocycles. The predicted octanol–water partition coefficient (Wildman–Crippen LogP) is 3.87. The Labute approximate surface area is 215 Å². The van der Waals surface area contributed by atoms with Crippen LogP contribution in [0, 0.1) is 11.8 Å². The lowest BCUT2D eigenvalue weighted by atomic mass is 10.2. The number of benzene rings is 1. The third-order valence-electron chi connectivity index (χ3n) is 4.09. The van der Waals surface area contributed by atoms with Crippen molar-refractivity contribution in [3.05, 3.63) is 42.5 Å². The first-order valence-electron chi connectivity index (χ1n) is 11.8. The van der Waals surface area contributed by atoms with Crippen LogP contribution >= 0.6 is 12.2 Å². The van der Waals surface area contributed by atoms with E-state index in [4.69, 9.17) is 31.2 Å². The van der Waals surface area contributed by atoms with E-state index in [1.165, 1.54) is 0 Å². The molecular formula is C26H39N3O5S. The van der Waals surface area contributed by atoms with Gasteiger partial charge in [-0.05, 0) is 76.2 Å². The second-order valence-electron chi connectivity index (χ2n) is 8.40. The van der Waals surface area contributed by atoms with E-state index in [0.29, 0.717) is 64.3 Å². The number of rotatable bonds is 15. The van der Waals surface area contributed by atoms with E-state index >= 15 is 0 Å². The van der Waals surface area contributed by atoms with Crippen molar-refractivity contribution in [3.8, 4) is 11.8 Å². The first kappa shape index (κ1) is 30.4. The summed E-state index contributed by atoms with van der Waals surface area (Å²) in [6.45, 7) is 13.5. The summed E-state index contributed by atoms with van der Waals surface area (Å²) in [7, 11) is 0. The zero-order valence-corrected chi connectivity index (χ0v) is 21.9. The Hall–Kier alpha value is -2.64. The topological polar surface area (TPSA) is 90.1 Å². The second-order valence-corrected chi connectivity index (χ2v) is 8.81. The maximum atomic E-state index is 11.5. The molecule has 0 heterocycles. The van der Waals surface area contributed by atoms with Crippen LogP contribution in [-0.4, -0.2) is 69.5 Å². The molecule has 1 aromatic rings. The monoisotopic (exact) mass is 505 g/mol. The first-order chi connectivity index (χ1) is 16.8. The average molecular weight is 506 g/mol. The summed E-state index contributed by atoms with van der Waals surface area (Å²) in [5, 5.41) is 9.56. The summed E-state index contributed by atoms with van der Waals surface area (Å²) < 4.78 is 21.7. The van der Waals surface area contributed by atoms with Gasteiger partial charge in [0.1, 0.15) is 5.60 Å². The minimum atomic E-state index is -0.487. The highest BCUT2D eigenvalue weighted by molar-refractivity contribution is 7.80. The number of carbonyl (C=O) groups excluding carboxylic acids is 1. The standard InChI is InChI=1S/C26H39N3O5S/c1-5-6-9-22-10-12-23(13-11-22)29-24(35)27-14-7-16-31-18-20-33-21-19-32-17-8-15-28-25(30)34-26(2,3)4/h5,10-13H,1,7-8,14-21H2,2-4H3,(H,28,30)(H2,27,29,35). The molecule has 0 fully saturated rings. The molecule has 35 heavy (non-hydrogen) atoms. The van der Waals surface area contributed by atoms with Crippen molar-refractivity contribution in [2.24, 2.45) is 0 Å². The van der Waals surface area contributed by atoms with Gasteiger partial charge in [-0.3, -0.25) is 0 Å². The van der Waals surface area contributed by atoms with Crippen LogP contribution < -0.4 is 16.0 Å². The predicted molar refractivity (Wildman–Crippen MR) is 144 cm³/mol. The van der Waals surface area contributed by atoms with Crippen molar-refractivity contribution in [2.75, 3.05) is 58.0 Å². The summed E-state index contributed by atoms with van der Waals surface area (Å²) in [5.41, 5.74) is 1.34. The van der Waals surface area contributed by atoms with Crippen molar-refractivity contribution >= 4 is 29.1 Å². The fourth-order valence-corrected chi connectivity index (χ4v) is 2.76. The molecule has 1 aromatic carbocycles. The number of thiocarbonyl (C=S) groups is 1. The van der Waals surface area contributed by atoms with Crippen LogP contribution in [0.2, 0.25) is 0 Å². The number of amides is 1. The van der Waals surface area contributed by atoms with Gasteiger partial charge in [0.2, 0.25) is 0 Å². The van der Waals surface area contributed by atoms with Gasteiger partial charge in [-0.1, -0.05) is 18.4 Å². The molecule has 0 saturated carbocycles. The van der Waals surface area contributed by atoms with Crippen LogP contribution in [0.3, 0.4) is 0 Å².